The number of benzene rings is 1. The molecule has 1 heterocycles. The Morgan fingerprint density at radius 2 is 1.79 bits per heavy atom. The van der Waals surface area contributed by atoms with E-state index in [0.29, 0.717) is 36.8 Å². The van der Waals surface area contributed by atoms with E-state index in [4.69, 9.17) is 9.47 Å². The van der Waals surface area contributed by atoms with Crippen LogP contribution in [-0.4, -0.2) is 24.9 Å². The predicted octanol–water partition coefficient (Wildman–Crippen LogP) is 3.18. The molecule has 2 fully saturated rings. The average molecular weight is 329 g/mol. The third-order valence-corrected chi connectivity index (χ3v) is 6.94. The van der Waals surface area contributed by atoms with Gasteiger partial charge < -0.3 is 14.8 Å². The number of anilines is 1. The van der Waals surface area contributed by atoms with E-state index >= 15 is 0 Å². The smallest absolute Gasteiger partial charge is 0.231 e. The largest absolute Gasteiger partial charge is 0.486 e. The zero-order valence-electron chi connectivity index (χ0n) is 14.4. The van der Waals surface area contributed by atoms with Gasteiger partial charge in [-0.15, -0.1) is 0 Å². The van der Waals surface area contributed by atoms with Gasteiger partial charge in [0.1, 0.15) is 19.0 Å². The van der Waals surface area contributed by atoms with Crippen molar-refractivity contribution in [3.05, 3.63) is 18.2 Å². The Bertz CT molecular complexity index is 741. The summed E-state index contributed by atoms with van der Waals surface area (Å²) in [5.74, 6) is 1.51. The van der Waals surface area contributed by atoms with Gasteiger partial charge in [-0.3, -0.25) is 9.59 Å². The highest BCUT2D eigenvalue weighted by molar-refractivity contribution is 6.04. The lowest BCUT2D eigenvalue weighted by atomic mass is 9.64. The second-order valence-electron chi connectivity index (χ2n) is 7.95. The fourth-order valence-electron chi connectivity index (χ4n) is 4.73. The molecule has 1 aromatic rings. The first-order valence-electron chi connectivity index (χ1n) is 8.55. The molecule has 1 N–H and O–H groups in total. The molecule has 0 spiro atoms. The molecule has 2 atom stereocenters. The SMILES string of the molecule is CC1(C)[C@]2(C(=O)Nc3ccc4c(c3)OCCO4)CC[C@]1(C)C(=O)C2. The third-order valence-electron chi connectivity index (χ3n) is 6.94. The predicted molar refractivity (Wildman–Crippen MR) is 89.2 cm³/mol. The molecule has 0 saturated heterocycles. The van der Waals surface area contributed by atoms with Crippen molar-refractivity contribution in [2.45, 2.75) is 40.0 Å². The third kappa shape index (κ3) is 1.75. The van der Waals surface area contributed by atoms with Gasteiger partial charge in [-0.2, -0.15) is 0 Å². The van der Waals surface area contributed by atoms with Crippen molar-refractivity contribution >= 4 is 17.4 Å². The number of ketones is 1. The fourth-order valence-corrected chi connectivity index (χ4v) is 4.73. The van der Waals surface area contributed by atoms with Crippen LogP contribution in [0, 0.1) is 16.2 Å². The Morgan fingerprint density at radius 3 is 2.42 bits per heavy atom. The number of carbonyl (C=O) groups excluding carboxylic acids is 2. The number of rotatable bonds is 2. The lowest BCUT2D eigenvalue weighted by Gasteiger charge is -2.38. The molecule has 5 heteroatoms. The van der Waals surface area contributed by atoms with E-state index in [1.54, 1.807) is 6.07 Å². The van der Waals surface area contributed by atoms with Crippen LogP contribution in [0.5, 0.6) is 11.5 Å². The van der Waals surface area contributed by atoms with Crippen molar-refractivity contribution in [3.63, 3.8) is 0 Å². The first kappa shape index (κ1) is 15.5. The van der Waals surface area contributed by atoms with Crippen molar-refractivity contribution < 1.29 is 19.1 Å². The van der Waals surface area contributed by atoms with Crippen molar-refractivity contribution in [1.29, 1.82) is 0 Å². The lowest BCUT2D eigenvalue weighted by molar-refractivity contribution is -0.131. The van der Waals surface area contributed by atoms with Crippen LogP contribution in [0.4, 0.5) is 5.69 Å². The number of ether oxygens (including phenoxy) is 2. The van der Waals surface area contributed by atoms with Gasteiger partial charge in [-0.05, 0) is 30.4 Å². The molecule has 5 nitrogen and oxygen atoms in total. The molecule has 0 aromatic heterocycles. The first-order valence-corrected chi connectivity index (χ1v) is 8.55. The highest BCUT2D eigenvalue weighted by Crippen LogP contribution is 2.70. The topological polar surface area (TPSA) is 64.6 Å². The Kier molecular flexibility index (Phi) is 3.06. The van der Waals surface area contributed by atoms with Crippen LogP contribution in [-0.2, 0) is 9.59 Å². The van der Waals surface area contributed by atoms with Gasteiger partial charge >= 0.3 is 0 Å². The van der Waals surface area contributed by atoms with Gasteiger partial charge in [0.05, 0.1) is 5.41 Å². The normalized spacial score (nSPS) is 32.7. The number of hydrogen-bond donors (Lipinski definition) is 1. The average Bonchev–Trinajstić information content (AvgIpc) is 2.85. The first-order chi connectivity index (χ1) is 11.3. The van der Waals surface area contributed by atoms with Crippen LogP contribution in [0.25, 0.3) is 0 Å². The minimum atomic E-state index is -0.619. The van der Waals surface area contributed by atoms with Crippen molar-refractivity contribution in [2.24, 2.45) is 16.2 Å². The number of nitrogens with one attached hydrogen (secondary N) is 1. The minimum Gasteiger partial charge on any atom is -0.486 e. The van der Waals surface area contributed by atoms with Crippen LogP contribution in [0.2, 0.25) is 0 Å². The standard InChI is InChI=1S/C19H23NO4/c1-17(2)18(3)6-7-19(17,11-15(18)21)16(22)20-12-4-5-13-14(10-12)24-9-8-23-13/h4-5,10H,6-9,11H2,1-3H3,(H,20,22)/t18-,19-/m1/s1. The van der Waals surface area contributed by atoms with Gasteiger partial charge in [0.2, 0.25) is 5.91 Å². The summed E-state index contributed by atoms with van der Waals surface area (Å²) in [6.07, 6.45) is 1.89. The molecular formula is C19H23NO4. The molecule has 3 aliphatic rings. The van der Waals surface area contributed by atoms with E-state index in [0.717, 1.165) is 12.8 Å². The Hall–Kier alpha value is -2.04. The van der Waals surface area contributed by atoms with E-state index in [2.05, 4.69) is 19.2 Å². The number of Topliss-reactive ketones (excluding diaryl/α,β-unsaturated/α-hetero) is 1. The number of hydrogen-bond acceptors (Lipinski definition) is 4. The van der Waals surface area contributed by atoms with E-state index < -0.39 is 10.8 Å². The van der Waals surface area contributed by atoms with Crippen molar-refractivity contribution in [2.75, 3.05) is 18.5 Å². The fraction of sp³-hybridized carbons (Fsp3) is 0.579. The Labute approximate surface area is 141 Å². The number of amides is 1. The summed E-state index contributed by atoms with van der Waals surface area (Å²) in [7, 11) is 0. The molecule has 128 valence electrons. The Balaban J connectivity index is 1.62. The highest BCUT2D eigenvalue weighted by atomic mass is 16.6. The molecule has 4 rings (SSSR count). The number of carbonyl (C=O) groups is 2. The van der Waals surface area contributed by atoms with E-state index in [1.807, 2.05) is 19.1 Å². The van der Waals surface area contributed by atoms with Crippen LogP contribution in [0.3, 0.4) is 0 Å². The quantitative estimate of drug-likeness (QED) is 0.905. The van der Waals surface area contributed by atoms with Crippen LogP contribution < -0.4 is 14.8 Å². The summed E-state index contributed by atoms with van der Waals surface area (Å²) in [5, 5.41) is 3.02. The van der Waals surface area contributed by atoms with Crippen LogP contribution in [0.15, 0.2) is 18.2 Å². The van der Waals surface area contributed by atoms with E-state index in [-0.39, 0.29) is 17.1 Å². The van der Waals surface area contributed by atoms with Gasteiger partial charge in [0.15, 0.2) is 11.5 Å². The summed E-state index contributed by atoms with van der Waals surface area (Å²) < 4.78 is 11.1. The van der Waals surface area contributed by atoms with Crippen LogP contribution >= 0.6 is 0 Å². The zero-order valence-corrected chi connectivity index (χ0v) is 14.4. The minimum absolute atomic E-state index is 0.0567. The lowest BCUT2D eigenvalue weighted by Crippen LogP contribution is -2.43. The summed E-state index contributed by atoms with van der Waals surface area (Å²) in [5.41, 5.74) is -0.666. The molecule has 1 amide bonds. The second-order valence-corrected chi connectivity index (χ2v) is 7.95. The molecular weight excluding hydrogens is 306 g/mol. The molecule has 2 aliphatic carbocycles. The molecule has 0 radical (unpaired) electrons. The van der Waals surface area contributed by atoms with E-state index in [9.17, 15) is 9.59 Å². The van der Waals surface area contributed by atoms with Crippen LogP contribution in [0.1, 0.15) is 40.0 Å². The number of fused-ring (bicyclic) bond motifs is 3. The summed E-state index contributed by atoms with van der Waals surface area (Å²) >= 11 is 0. The van der Waals surface area contributed by atoms with Gasteiger partial charge in [0, 0.05) is 23.6 Å². The summed E-state index contributed by atoms with van der Waals surface area (Å²) in [6, 6.07) is 5.42. The van der Waals surface area contributed by atoms with Gasteiger partial charge in [-0.25, -0.2) is 0 Å². The maximum atomic E-state index is 13.1. The molecule has 24 heavy (non-hydrogen) atoms. The van der Waals surface area contributed by atoms with Crippen molar-refractivity contribution in [3.8, 4) is 11.5 Å². The second kappa shape index (κ2) is 4.74. The molecule has 0 unspecified atom stereocenters. The van der Waals surface area contributed by atoms with Gasteiger partial charge in [0.25, 0.3) is 0 Å². The zero-order chi connectivity index (χ0) is 17.2. The van der Waals surface area contributed by atoms with E-state index in [1.165, 1.54) is 0 Å². The molecule has 2 bridgehead atoms. The van der Waals surface area contributed by atoms with Crippen molar-refractivity contribution in [1.82, 2.24) is 0 Å². The molecule has 2 saturated carbocycles. The molecule has 1 aromatic carbocycles. The highest BCUT2D eigenvalue weighted by Gasteiger charge is 2.72. The van der Waals surface area contributed by atoms with Gasteiger partial charge in [-0.1, -0.05) is 20.8 Å². The Morgan fingerprint density at radius 1 is 1.08 bits per heavy atom. The molecule has 1 aliphatic heterocycles. The summed E-state index contributed by atoms with van der Waals surface area (Å²) in [6.45, 7) is 7.19. The summed E-state index contributed by atoms with van der Waals surface area (Å²) in [4.78, 5) is 25.6. The maximum absolute atomic E-state index is 13.1. The monoisotopic (exact) mass is 329 g/mol. The maximum Gasteiger partial charge on any atom is 0.231 e.